The normalized spacial score (nSPS) is 20.0. The van der Waals surface area contributed by atoms with Crippen molar-refractivity contribution in [3.05, 3.63) is 52.1 Å². The highest BCUT2D eigenvalue weighted by Gasteiger charge is 2.30. The Kier molecular flexibility index (Phi) is 8.46. The highest BCUT2D eigenvalue weighted by atomic mass is 32.2. The predicted molar refractivity (Wildman–Crippen MR) is 152 cm³/mol. The molecule has 0 spiro atoms. The highest BCUT2D eigenvalue weighted by molar-refractivity contribution is 7.89. The Labute approximate surface area is 229 Å². The molecule has 0 unspecified atom stereocenters. The average Bonchev–Trinajstić information content (AvgIpc) is 2.97. The van der Waals surface area contributed by atoms with Crippen molar-refractivity contribution in [2.24, 2.45) is 4.99 Å². The van der Waals surface area contributed by atoms with Crippen molar-refractivity contribution in [3.63, 3.8) is 0 Å². The Morgan fingerprint density at radius 1 is 0.872 bits per heavy atom. The third kappa shape index (κ3) is 6.24. The average molecular weight is 557 g/mol. The molecule has 0 aromatic heterocycles. The van der Waals surface area contributed by atoms with Gasteiger partial charge in [-0.15, -0.1) is 0 Å². The number of aliphatic imine (C=N–C) groups is 1. The second kappa shape index (κ2) is 12.0. The van der Waals surface area contributed by atoms with Crippen LogP contribution in [0.1, 0.15) is 24.8 Å². The molecule has 12 heteroatoms. The van der Waals surface area contributed by atoms with Crippen molar-refractivity contribution in [2.75, 3.05) is 82.4 Å². The second-order valence-electron chi connectivity index (χ2n) is 10.3. The summed E-state index contributed by atoms with van der Waals surface area (Å²) in [6.45, 7) is 6.77. The monoisotopic (exact) mass is 556 g/mol. The summed E-state index contributed by atoms with van der Waals surface area (Å²) in [7, 11) is -1.65. The summed E-state index contributed by atoms with van der Waals surface area (Å²) in [6, 6.07) is 10.1. The summed E-state index contributed by atoms with van der Waals surface area (Å²) in [5.41, 5.74) is 2.65. The molecular weight excluding hydrogens is 520 g/mol. The molecule has 0 amide bonds. The third-order valence-corrected chi connectivity index (χ3v) is 9.57. The van der Waals surface area contributed by atoms with Gasteiger partial charge in [0.15, 0.2) is 0 Å². The molecule has 0 radical (unpaired) electrons. The number of nitro groups is 1. The number of non-ortho nitro benzene ring substituents is 1. The number of morpholine rings is 1. The number of ether oxygens (including phenoxy) is 1. The number of hydrogen-bond acceptors (Lipinski definition) is 9. The maximum absolute atomic E-state index is 13.8. The van der Waals surface area contributed by atoms with Crippen LogP contribution in [0.3, 0.4) is 0 Å². The summed E-state index contributed by atoms with van der Waals surface area (Å²) in [5, 5.41) is 11.5. The van der Waals surface area contributed by atoms with Gasteiger partial charge in [-0.2, -0.15) is 4.31 Å². The SMILES string of the molecule is CN1CCN(c2ccc([N+](=O)[O-])cc2C=Nc2ccc(N3CCOCC3)c(S(=O)(=O)N3CCCCC3)c2)CC1. The van der Waals surface area contributed by atoms with Gasteiger partial charge in [0.1, 0.15) is 4.90 Å². The van der Waals surface area contributed by atoms with Crippen LogP contribution < -0.4 is 9.80 Å². The van der Waals surface area contributed by atoms with E-state index in [0.29, 0.717) is 56.3 Å². The lowest BCUT2D eigenvalue weighted by atomic mass is 10.1. The van der Waals surface area contributed by atoms with Crippen LogP contribution >= 0.6 is 0 Å². The van der Waals surface area contributed by atoms with E-state index in [-0.39, 0.29) is 10.6 Å². The first-order chi connectivity index (χ1) is 18.8. The largest absolute Gasteiger partial charge is 0.378 e. The van der Waals surface area contributed by atoms with Gasteiger partial charge in [-0.3, -0.25) is 15.1 Å². The van der Waals surface area contributed by atoms with Crippen molar-refractivity contribution < 1.29 is 18.1 Å². The quantitative estimate of drug-likeness (QED) is 0.291. The highest BCUT2D eigenvalue weighted by Crippen LogP contribution is 2.34. The Bertz CT molecular complexity index is 1310. The van der Waals surface area contributed by atoms with Crippen LogP contribution in [0, 0.1) is 10.1 Å². The standard InChI is InChI=1S/C27H36N6O5S/c1-29-11-13-30(14-12-29)25-8-6-24(33(34)35)19-22(25)21-28-23-5-7-26(31-15-17-38-18-16-31)27(20-23)39(36,37)32-9-3-2-4-10-32/h5-8,19-21H,2-4,9-18H2,1H3. The fraction of sp³-hybridized carbons (Fsp3) is 0.519. The second-order valence-corrected chi connectivity index (χ2v) is 12.2. The molecule has 3 saturated heterocycles. The maximum Gasteiger partial charge on any atom is 0.270 e. The molecule has 5 rings (SSSR count). The molecule has 0 N–H and O–H groups in total. The number of nitrogens with zero attached hydrogens (tertiary/aromatic N) is 6. The van der Waals surface area contributed by atoms with Crippen molar-refractivity contribution in [1.82, 2.24) is 9.21 Å². The van der Waals surface area contributed by atoms with Gasteiger partial charge in [0.25, 0.3) is 5.69 Å². The summed E-state index contributed by atoms with van der Waals surface area (Å²) in [5.74, 6) is 0. The minimum atomic E-state index is -3.72. The molecule has 0 bridgehead atoms. The zero-order valence-corrected chi connectivity index (χ0v) is 23.2. The van der Waals surface area contributed by atoms with Gasteiger partial charge in [0.05, 0.1) is 29.5 Å². The van der Waals surface area contributed by atoms with Gasteiger partial charge in [0.2, 0.25) is 10.0 Å². The lowest BCUT2D eigenvalue weighted by Gasteiger charge is -2.34. The van der Waals surface area contributed by atoms with Gasteiger partial charge in [0, 0.05) is 82.0 Å². The molecule has 11 nitrogen and oxygen atoms in total. The predicted octanol–water partition coefficient (Wildman–Crippen LogP) is 3.11. The van der Waals surface area contributed by atoms with Gasteiger partial charge < -0.3 is 19.4 Å². The first kappa shape index (κ1) is 27.5. The van der Waals surface area contributed by atoms with Crippen molar-refractivity contribution in [1.29, 1.82) is 0 Å². The summed E-state index contributed by atoms with van der Waals surface area (Å²) >= 11 is 0. The van der Waals surface area contributed by atoms with E-state index in [1.807, 2.05) is 12.1 Å². The number of rotatable bonds is 7. The number of hydrogen-bond donors (Lipinski definition) is 0. The number of benzene rings is 2. The molecule has 0 saturated carbocycles. The van der Waals surface area contributed by atoms with Crippen molar-refractivity contribution in [3.8, 4) is 0 Å². The molecule has 210 valence electrons. The lowest BCUT2D eigenvalue weighted by molar-refractivity contribution is -0.384. The Hall–Kier alpha value is -3.06. The summed E-state index contributed by atoms with van der Waals surface area (Å²) < 4.78 is 34.7. The van der Waals surface area contributed by atoms with Gasteiger partial charge in [-0.05, 0) is 44.2 Å². The smallest absolute Gasteiger partial charge is 0.270 e. The first-order valence-corrected chi connectivity index (χ1v) is 15.0. The number of anilines is 2. The number of likely N-dealkylation sites (N-methyl/N-ethyl adjacent to an activating group) is 1. The Balaban J connectivity index is 1.51. The molecule has 0 aliphatic carbocycles. The zero-order chi connectivity index (χ0) is 27.4. The van der Waals surface area contributed by atoms with E-state index in [1.165, 1.54) is 12.1 Å². The molecule has 0 atom stereocenters. The Morgan fingerprint density at radius 2 is 1.54 bits per heavy atom. The number of piperazine rings is 1. The molecule has 2 aromatic carbocycles. The number of nitro benzene ring substituents is 1. The Morgan fingerprint density at radius 3 is 2.23 bits per heavy atom. The zero-order valence-electron chi connectivity index (χ0n) is 22.4. The molecule has 39 heavy (non-hydrogen) atoms. The fourth-order valence-corrected chi connectivity index (χ4v) is 7.09. The van der Waals surface area contributed by atoms with Crippen LogP contribution in [-0.2, 0) is 14.8 Å². The van der Waals surface area contributed by atoms with Crippen molar-refractivity contribution >= 4 is 39.0 Å². The van der Waals surface area contributed by atoms with Crippen LogP contribution in [0.4, 0.5) is 22.7 Å². The number of sulfonamides is 1. The van der Waals surface area contributed by atoms with E-state index < -0.39 is 14.9 Å². The number of piperidine rings is 1. The third-order valence-electron chi connectivity index (χ3n) is 7.65. The lowest BCUT2D eigenvalue weighted by Crippen LogP contribution is -2.44. The summed E-state index contributed by atoms with van der Waals surface area (Å²) in [6.07, 6.45) is 4.35. The molecule has 3 aliphatic rings. The minimum absolute atomic E-state index is 0.00893. The van der Waals surface area contributed by atoms with E-state index in [2.05, 4.69) is 26.7 Å². The van der Waals surface area contributed by atoms with E-state index in [0.717, 1.165) is 51.1 Å². The van der Waals surface area contributed by atoms with E-state index >= 15 is 0 Å². The van der Waals surface area contributed by atoms with Gasteiger partial charge >= 0.3 is 0 Å². The van der Waals surface area contributed by atoms with Gasteiger partial charge in [-0.1, -0.05) is 6.42 Å². The van der Waals surface area contributed by atoms with E-state index in [1.54, 1.807) is 22.7 Å². The molecule has 3 heterocycles. The van der Waals surface area contributed by atoms with E-state index in [4.69, 9.17) is 4.74 Å². The van der Waals surface area contributed by atoms with Crippen LogP contribution in [0.25, 0.3) is 0 Å². The topological polar surface area (TPSA) is 112 Å². The molecule has 2 aromatic rings. The minimum Gasteiger partial charge on any atom is -0.378 e. The van der Waals surface area contributed by atoms with Crippen molar-refractivity contribution in [2.45, 2.75) is 24.2 Å². The fourth-order valence-electron chi connectivity index (χ4n) is 5.34. The first-order valence-electron chi connectivity index (χ1n) is 13.6. The van der Waals surface area contributed by atoms with Crippen LogP contribution in [0.15, 0.2) is 46.3 Å². The maximum atomic E-state index is 13.8. The molecule has 3 aliphatic heterocycles. The molecule has 3 fully saturated rings. The van der Waals surface area contributed by atoms with E-state index in [9.17, 15) is 18.5 Å². The van der Waals surface area contributed by atoms with Crippen LogP contribution in [0.2, 0.25) is 0 Å². The molecular formula is C27H36N6O5S. The summed E-state index contributed by atoms with van der Waals surface area (Å²) in [4.78, 5) is 22.5. The van der Waals surface area contributed by atoms with Crippen LogP contribution in [0.5, 0.6) is 0 Å². The van der Waals surface area contributed by atoms with Crippen LogP contribution in [-0.4, -0.2) is 101 Å². The van der Waals surface area contributed by atoms with Gasteiger partial charge in [-0.25, -0.2) is 8.42 Å².